The van der Waals surface area contributed by atoms with Gasteiger partial charge in [0.25, 0.3) is 0 Å². The highest BCUT2D eigenvalue weighted by molar-refractivity contribution is 9.09. The Labute approximate surface area is 90.7 Å². The Bertz CT molecular complexity index is 327. The molecule has 2 nitrogen and oxygen atoms in total. The summed E-state index contributed by atoms with van der Waals surface area (Å²) in [6, 6.07) is 3.56. The molecule has 0 saturated carbocycles. The van der Waals surface area contributed by atoms with Gasteiger partial charge < -0.3 is 4.74 Å². The first kappa shape index (κ1) is 10.5. The Morgan fingerprint density at radius 3 is 2.92 bits per heavy atom. The van der Waals surface area contributed by atoms with Gasteiger partial charge in [-0.05, 0) is 17.7 Å². The summed E-state index contributed by atoms with van der Waals surface area (Å²) < 4.78 is 5.07. The molecule has 1 heterocycles. The minimum absolute atomic E-state index is 0.419. The molecular formula is C9H9BrClNO. The Hall–Kier alpha value is -0.540. The Morgan fingerprint density at radius 2 is 2.38 bits per heavy atom. The number of alkyl halides is 1. The number of nitrogens with zero attached hydrogens (tertiary/aromatic N) is 1. The van der Waals surface area contributed by atoms with Crippen molar-refractivity contribution in [3.05, 3.63) is 29.4 Å². The molecule has 0 amide bonds. The molecule has 0 fully saturated rings. The topological polar surface area (TPSA) is 22.1 Å². The van der Waals surface area contributed by atoms with Crippen LogP contribution in [-0.2, 0) is 0 Å². The monoisotopic (exact) mass is 261 g/mol. The molecule has 0 bridgehead atoms. The molecule has 70 valence electrons. The van der Waals surface area contributed by atoms with Gasteiger partial charge in [0, 0.05) is 10.9 Å². The molecule has 0 aliphatic rings. The van der Waals surface area contributed by atoms with E-state index in [1.54, 1.807) is 13.2 Å². The molecule has 0 saturated heterocycles. The van der Waals surface area contributed by atoms with Crippen LogP contribution in [0.3, 0.4) is 0 Å². The second kappa shape index (κ2) is 4.63. The lowest BCUT2D eigenvalue weighted by molar-refractivity contribution is 0.396. The SMILES string of the molecule is C=C(CBr)c1ccc(Cl)nc1OC. The quantitative estimate of drug-likeness (QED) is 0.617. The molecule has 0 spiro atoms. The summed E-state index contributed by atoms with van der Waals surface area (Å²) in [4.78, 5) is 4.02. The zero-order valence-electron chi connectivity index (χ0n) is 7.18. The first-order valence-corrected chi connectivity index (χ1v) is 5.13. The number of pyridine rings is 1. The van der Waals surface area contributed by atoms with E-state index in [0.717, 1.165) is 11.1 Å². The van der Waals surface area contributed by atoms with Crippen LogP contribution in [0.5, 0.6) is 5.88 Å². The van der Waals surface area contributed by atoms with Gasteiger partial charge in [-0.15, -0.1) is 0 Å². The van der Waals surface area contributed by atoms with Gasteiger partial charge in [-0.3, -0.25) is 0 Å². The number of methoxy groups -OCH3 is 1. The molecule has 0 atom stereocenters. The molecule has 0 unspecified atom stereocenters. The predicted molar refractivity (Wildman–Crippen MR) is 58.6 cm³/mol. The van der Waals surface area contributed by atoms with Crippen molar-refractivity contribution in [1.82, 2.24) is 4.98 Å². The Kier molecular flexibility index (Phi) is 3.75. The van der Waals surface area contributed by atoms with Gasteiger partial charge in [0.2, 0.25) is 5.88 Å². The van der Waals surface area contributed by atoms with E-state index in [9.17, 15) is 0 Å². The molecule has 1 aromatic rings. The number of rotatable bonds is 3. The van der Waals surface area contributed by atoms with Crippen LogP contribution >= 0.6 is 27.5 Å². The lowest BCUT2D eigenvalue weighted by Crippen LogP contribution is -1.94. The number of hydrogen-bond donors (Lipinski definition) is 0. The second-order valence-corrected chi connectivity index (χ2v) is 3.38. The van der Waals surface area contributed by atoms with Crippen molar-refractivity contribution in [3.8, 4) is 5.88 Å². The van der Waals surface area contributed by atoms with Crippen LogP contribution in [0.4, 0.5) is 0 Å². The minimum Gasteiger partial charge on any atom is -0.481 e. The second-order valence-electron chi connectivity index (χ2n) is 2.43. The smallest absolute Gasteiger partial charge is 0.222 e. The van der Waals surface area contributed by atoms with Crippen molar-refractivity contribution in [2.24, 2.45) is 0 Å². The fraction of sp³-hybridized carbons (Fsp3) is 0.222. The average Bonchev–Trinajstić information content (AvgIpc) is 2.16. The minimum atomic E-state index is 0.419. The van der Waals surface area contributed by atoms with Crippen LogP contribution in [-0.4, -0.2) is 17.4 Å². The zero-order chi connectivity index (χ0) is 9.84. The summed E-state index contributed by atoms with van der Waals surface area (Å²) in [7, 11) is 1.56. The maximum atomic E-state index is 5.71. The van der Waals surface area contributed by atoms with Crippen molar-refractivity contribution in [2.75, 3.05) is 12.4 Å². The van der Waals surface area contributed by atoms with Crippen LogP contribution < -0.4 is 4.74 Å². The lowest BCUT2D eigenvalue weighted by atomic mass is 10.1. The maximum absolute atomic E-state index is 5.71. The van der Waals surface area contributed by atoms with Crippen molar-refractivity contribution in [3.63, 3.8) is 0 Å². The standard InChI is InChI=1S/C9H9BrClNO/c1-6(5-10)7-3-4-8(11)12-9(7)13-2/h3-4H,1,5H2,2H3. The summed E-state index contributed by atoms with van der Waals surface area (Å²) in [5, 5.41) is 1.11. The summed E-state index contributed by atoms with van der Waals surface area (Å²) >= 11 is 9.03. The summed E-state index contributed by atoms with van der Waals surface area (Å²) in [5.74, 6) is 0.511. The van der Waals surface area contributed by atoms with E-state index in [1.807, 2.05) is 6.07 Å². The molecule has 1 rings (SSSR count). The lowest BCUT2D eigenvalue weighted by Gasteiger charge is -2.07. The largest absolute Gasteiger partial charge is 0.481 e. The number of aromatic nitrogens is 1. The predicted octanol–water partition coefficient (Wildman–Crippen LogP) is 3.15. The van der Waals surface area contributed by atoms with Crippen LogP contribution in [0.1, 0.15) is 5.56 Å². The normalized spacial score (nSPS) is 9.77. The third-order valence-electron chi connectivity index (χ3n) is 1.56. The van der Waals surface area contributed by atoms with Crippen LogP contribution in [0.15, 0.2) is 18.7 Å². The fourth-order valence-electron chi connectivity index (χ4n) is 0.915. The molecule has 4 heteroatoms. The highest BCUT2D eigenvalue weighted by Gasteiger charge is 2.07. The highest BCUT2D eigenvalue weighted by atomic mass is 79.9. The van der Waals surface area contributed by atoms with E-state index < -0.39 is 0 Å². The van der Waals surface area contributed by atoms with Crippen LogP contribution in [0.2, 0.25) is 5.15 Å². The van der Waals surface area contributed by atoms with Gasteiger partial charge in [0.15, 0.2) is 0 Å². The van der Waals surface area contributed by atoms with Crippen LogP contribution in [0, 0.1) is 0 Å². The first-order chi connectivity index (χ1) is 6.19. The molecule has 0 N–H and O–H groups in total. The van der Waals surface area contributed by atoms with E-state index in [0.29, 0.717) is 16.4 Å². The van der Waals surface area contributed by atoms with Crippen LogP contribution in [0.25, 0.3) is 5.57 Å². The fourth-order valence-corrected chi connectivity index (χ4v) is 1.36. The Morgan fingerprint density at radius 1 is 1.69 bits per heavy atom. The van der Waals surface area contributed by atoms with Gasteiger partial charge in [0.05, 0.1) is 7.11 Å². The van der Waals surface area contributed by atoms with Gasteiger partial charge >= 0.3 is 0 Å². The van der Waals surface area contributed by atoms with Crippen molar-refractivity contribution in [1.29, 1.82) is 0 Å². The third-order valence-corrected chi connectivity index (χ3v) is 2.45. The van der Waals surface area contributed by atoms with E-state index in [4.69, 9.17) is 16.3 Å². The molecular weight excluding hydrogens is 253 g/mol. The van der Waals surface area contributed by atoms with Crippen molar-refractivity contribution in [2.45, 2.75) is 0 Å². The van der Waals surface area contributed by atoms with E-state index in [2.05, 4.69) is 27.5 Å². The van der Waals surface area contributed by atoms with Crippen molar-refractivity contribution >= 4 is 33.1 Å². The van der Waals surface area contributed by atoms with Gasteiger partial charge in [-0.1, -0.05) is 34.1 Å². The molecule has 0 aliphatic carbocycles. The average molecular weight is 263 g/mol. The van der Waals surface area contributed by atoms with E-state index >= 15 is 0 Å². The number of ether oxygens (including phenoxy) is 1. The van der Waals surface area contributed by atoms with Gasteiger partial charge in [-0.2, -0.15) is 0 Å². The van der Waals surface area contributed by atoms with Gasteiger partial charge in [-0.25, -0.2) is 4.98 Å². The first-order valence-electron chi connectivity index (χ1n) is 3.63. The van der Waals surface area contributed by atoms with E-state index in [-0.39, 0.29) is 0 Å². The molecule has 1 aromatic heterocycles. The molecule has 0 radical (unpaired) electrons. The highest BCUT2D eigenvalue weighted by Crippen LogP contribution is 2.25. The van der Waals surface area contributed by atoms with Gasteiger partial charge in [0.1, 0.15) is 5.15 Å². The Balaban J connectivity index is 3.13. The maximum Gasteiger partial charge on any atom is 0.222 e. The summed E-state index contributed by atoms with van der Waals surface area (Å²) in [5.41, 5.74) is 1.80. The summed E-state index contributed by atoms with van der Waals surface area (Å²) in [6.45, 7) is 3.87. The third kappa shape index (κ3) is 2.45. The van der Waals surface area contributed by atoms with E-state index in [1.165, 1.54) is 0 Å². The number of halogens is 2. The molecule has 0 aromatic carbocycles. The number of allylic oxidation sites excluding steroid dienone is 1. The van der Waals surface area contributed by atoms with Crippen molar-refractivity contribution < 1.29 is 4.74 Å². The molecule has 0 aliphatic heterocycles. The number of hydrogen-bond acceptors (Lipinski definition) is 2. The summed E-state index contributed by atoms with van der Waals surface area (Å²) in [6.07, 6.45) is 0. The zero-order valence-corrected chi connectivity index (χ0v) is 9.52. The molecule has 13 heavy (non-hydrogen) atoms.